The van der Waals surface area contributed by atoms with Gasteiger partial charge in [0.15, 0.2) is 0 Å². The summed E-state index contributed by atoms with van der Waals surface area (Å²) in [5.74, 6) is 0.419. The summed E-state index contributed by atoms with van der Waals surface area (Å²) >= 11 is 0. The number of rotatable bonds is 12. The Morgan fingerprint density at radius 1 is 0.882 bits per heavy atom. The van der Waals surface area contributed by atoms with Crippen LogP contribution in [-0.4, -0.2) is 44.8 Å². The molecule has 0 aromatic heterocycles. The minimum atomic E-state index is -0.147. The summed E-state index contributed by atoms with van der Waals surface area (Å²) in [4.78, 5) is 27.2. The maximum Gasteiger partial charge on any atom is 0.227 e. The van der Waals surface area contributed by atoms with E-state index in [1.807, 2.05) is 48.5 Å². The molecule has 1 heterocycles. The molecule has 0 spiro atoms. The summed E-state index contributed by atoms with van der Waals surface area (Å²) < 4.78 is 11.0. The Bertz CT molecular complexity index is 970. The number of nitrogens with zero attached hydrogens (tertiary/aromatic N) is 1. The minimum Gasteiger partial charge on any atom is -0.379 e. The Hall–Kier alpha value is -2.96. The average molecular weight is 465 g/mol. The van der Waals surface area contributed by atoms with E-state index in [1.54, 1.807) is 4.90 Å². The SMILES string of the molecule is CC(C)CCOCCOCCNC(=O)CCC(=O)N1Cc2ccccc2/C=C\c2ccccc21. The Labute approximate surface area is 202 Å². The highest BCUT2D eigenvalue weighted by atomic mass is 16.5. The molecule has 6 nitrogen and oxygen atoms in total. The van der Waals surface area contributed by atoms with Crippen molar-refractivity contribution in [1.82, 2.24) is 5.32 Å². The predicted octanol–water partition coefficient (Wildman–Crippen LogP) is 4.68. The lowest BCUT2D eigenvalue weighted by atomic mass is 10.0. The molecule has 0 unspecified atom stereocenters. The van der Waals surface area contributed by atoms with E-state index < -0.39 is 0 Å². The van der Waals surface area contributed by atoms with Crippen LogP contribution < -0.4 is 10.2 Å². The van der Waals surface area contributed by atoms with E-state index in [0.717, 1.165) is 35.4 Å². The Balaban J connectivity index is 1.43. The number of para-hydroxylation sites is 1. The van der Waals surface area contributed by atoms with Crippen LogP contribution in [0.15, 0.2) is 48.5 Å². The van der Waals surface area contributed by atoms with Crippen LogP contribution >= 0.6 is 0 Å². The van der Waals surface area contributed by atoms with Crippen molar-refractivity contribution in [2.75, 3.05) is 37.9 Å². The topological polar surface area (TPSA) is 67.9 Å². The summed E-state index contributed by atoms with van der Waals surface area (Å²) in [5.41, 5.74) is 4.03. The number of carbonyl (C=O) groups excluding carboxylic acids is 2. The van der Waals surface area contributed by atoms with Gasteiger partial charge in [0.05, 0.1) is 32.1 Å². The standard InChI is InChI=1S/C28H36N2O4/c1-22(2)15-17-33-19-20-34-18-16-29-27(31)13-14-28(32)30-21-25-9-4-3-7-23(25)11-12-24-8-5-6-10-26(24)30/h3-12,22H,13-21H2,1-2H3,(H,29,31)/b12-11-. The van der Waals surface area contributed by atoms with Gasteiger partial charge >= 0.3 is 0 Å². The van der Waals surface area contributed by atoms with Crippen LogP contribution in [0.2, 0.25) is 0 Å². The van der Waals surface area contributed by atoms with E-state index in [9.17, 15) is 9.59 Å². The second-order valence-corrected chi connectivity index (χ2v) is 8.83. The number of hydrogen-bond acceptors (Lipinski definition) is 4. The molecule has 6 heteroatoms. The molecule has 0 bridgehead atoms. The molecule has 1 aliphatic rings. The zero-order valence-corrected chi connectivity index (χ0v) is 20.3. The lowest BCUT2D eigenvalue weighted by Gasteiger charge is -2.27. The predicted molar refractivity (Wildman–Crippen MR) is 136 cm³/mol. The number of hydrogen-bond donors (Lipinski definition) is 1. The first-order chi connectivity index (χ1) is 16.5. The van der Waals surface area contributed by atoms with Crippen molar-refractivity contribution in [3.05, 3.63) is 65.2 Å². The van der Waals surface area contributed by atoms with Gasteiger partial charge in [0, 0.05) is 26.0 Å². The third-order valence-electron chi connectivity index (χ3n) is 5.70. The highest BCUT2D eigenvalue weighted by Gasteiger charge is 2.21. The maximum atomic E-state index is 13.2. The molecular weight excluding hydrogens is 428 g/mol. The van der Waals surface area contributed by atoms with Crippen molar-refractivity contribution >= 4 is 29.7 Å². The molecule has 34 heavy (non-hydrogen) atoms. The third-order valence-corrected chi connectivity index (χ3v) is 5.70. The minimum absolute atomic E-state index is 0.0671. The molecule has 2 aromatic rings. The number of anilines is 1. The highest BCUT2D eigenvalue weighted by molar-refractivity contribution is 5.98. The largest absolute Gasteiger partial charge is 0.379 e. The Kier molecular flexibility index (Phi) is 10.3. The fourth-order valence-corrected chi connectivity index (χ4v) is 3.72. The molecule has 2 aromatic carbocycles. The number of benzene rings is 2. The second kappa shape index (κ2) is 13.7. The lowest BCUT2D eigenvalue weighted by molar-refractivity contribution is -0.125. The van der Waals surface area contributed by atoms with Gasteiger partial charge in [-0.2, -0.15) is 0 Å². The third kappa shape index (κ3) is 8.12. The van der Waals surface area contributed by atoms with Crippen LogP contribution in [0.3, 0.4) is 0 Å². The molecule has 0 fully saturated rings. The maximum absolute atomic E-state index is 13.2. The monoisotopic (exact) mass is 464 g/mol. The lowest BCUT2D eigenvalue weighted by Crippen LogP contribution is -2.33. The molecule has 0 saturated carbocycles. The molecule has 0 aliphatic carbocycles. The fourth-order valence-electron chi connectivity index (χ4n) is 3.72. The molecule has 1 aliphatic heterocycles. The van der Waals surface area contributed by atoms with Crippen molar-refractivity contribution in [1.29, 1.82) is 0 Å². The summed E-state index contributed by atoms with van der Waals surface area (Å²) in [7, 11) is 0. The second-order valence-electron chi connectivity index (χ2n) is 8.83. The summed E-state index contributed by atoms with van der Waals surface area (Å²) in [6.45, 7) is 7.47. The van der Waals surface area contributed by atoms with E-state index in [0.29, 0.717) is 38.8 Å². The first-order valence-electron chi connectivity index (χ1n) is 12.1. The van der Waals surface area contributed by atoms with Gasteiger partial charge in [-0.05, 0) is 35.1 Å². The number of ether oxygens (including phenoxy) is 2. The number of nitrogens with one attached hydrogen (secondary N) is 1. The number of fused-ring (bicyclic) bond motifs is 2. The summed E-state index contributed by atoms with van der Waals surface area (Å²) in [6.07, 6.45) is 5.46. The van der Waals surface area contributed by atoms with Gasteiger partial charge in [0.1, 0.15) is 0 Å². The molecule has 1 N–H and O–H groups in total. The van der Waals surface area contributed by atoms with Crippen molar-refractivity contribution in [3.63, 3.8) is 0 Å². The van der Waals surface area contributed by atoms with Crippen LogP contribution in [0.1, 0.15) is 49.8 Å². The fraction of sp³-hybridized carbons (Fsp3) is 0.429. The Morgan fingerprint density at radius 2 is 1.56 bits per heavy atom. The Morgan fingerprint density at radius 3 is 2.35 bits per heavy atom. The molecular formula is C28H36N2O4. The average Bonchev–Trinajstić information content (AvgIpc) is 2.82. The van der Waals surface area contributed by atoms with Crippen molar-refractivity contribution in [2.45, 2.75) is 39.7 Å². The summed E-state index contributed by atoms with van der Waals surface area (Å²) in [5, 5.41) is 2.83. The smallest absolute Gasteiger partial charge is 0.227 e. The van der Waals surface area contributed by atoms with E-state index in [-0.39, 0.29) is 24.7 Å². The van der Waals surface area contributed by atoms with E-state index in [1.165, 1.54) is 0 Å². The molecule has 0 radical (unpaired) electrons. The molecule has 2 amide bonds. The van der Waals surface area contributed by atoms with Crippen molar-refractivity contribution in [3.8, 4) is 0 Å². The van der Waals surface area contributed by atoms with Crippen LogP contribution in [0, 0.1) is 5.92 Å². The number of amides is 2. The summed E-state index contributed by atoms with van der Waals surface area (Å²) in [6, 6.07) is 15.9. The van der Waals surface area contributed by atoms with Crippen molar-refractivity contribution in [2.24, 2.45) is 5.92 Å². The van der Waals surface area contributed by atoms with Gasteiger partial charge in [0.25, 0.3) is 0 Å². The number of carbonyl (C=O) groups is 2. The quantitative estimate of drug-likeness (QED) is 0.463. The van der Waals surface area contributed by atoms with Gasteiger partial charge in [-0.15, -0.1) is 0 Å². The van der Waals surface area contributed by atoms with Crippen LogP contribution in [0.4, 0.5) is 5.69 Å². The molecule has 182 valence electrons. The molecule has 0 saturated heterocycles. The zero-order valence-electron chi connectivity index (χ0n) is 20.3. The first-order valence-corrected chi connectivity index (χ1v) is 12.1. The van der Waals surface area contributed by atoms with Crippen LogP contribution in [0.5, 0.6) is 0 Å². The van der Waals surface area contributed by atoms with Crippen LogP contribution in [-0.2, 0) is 25.6 Å². The molecule has 0 atom stereocenters. The zero-order chi connectivity index (χ0) is 24.2. The molecule has 3 rings (SSSR count). The highest BCUT2D eigenvalue weighted by Crippen LogP contribution is 2.29. The van der Waals surface area contributed by atoms with E-state index in [2.05, 4.69) is 31.3 Å². The first kappa shape index (κ1) is 25.7. The van der Waals surface area contributed by atoms with Gasteiger partial charge in [-0.25, -0.2) is 0 Å². The van der Waals surface area contributed by atoms with Crippen molar-refractivity contribution < 1.29 is 19.1 Å². The normalized spacial score (nSPS) is 13.6. The van der Waals surface area contributed by atoms with Gasteiger partial charge < -0.3 is 19.7 Å². The van der Waals surface area contributed by atoms with Crippen LogP contribution in [0.25, 0.3) is 12.2 Å². The van der Waals surface area contributed by atoms with Gasteiger partial charge in [-0.1, -0.05) is 68.5 Å². The van der Waals surface area contributed by atoms with Gasteiger partial charge in [-0.3, -0.25) is 9.59 Å². The van der Waals surface area contributed by atoms with Gasteiger partial charge in [0.2, 0.25) is 11.8 Å². The van der Waals surface area contributed by atoms with E-state index >= 15 is 0 Å². The van der Waals surface area contributed by atoms with E-state index in [4.69, 9.17) is 9.47 Å².